The zero-order valence-electron chi connectivity index (χ0n) is 8.39. The Balaban J connectivity index is 4.09. The fourth-order valence-corrected chi connectivity index (χ4v) is 0.568. The fraction of sp³-hybridized carbons (Fsp3) is 0.700. The lowest BCUT2D eigenvalue weighted by molar-refractivity contribution is -0.157. The van der Waals surface area contributed by atoms with Crippen LogP contribution in [0.1, 0.15) is 34.1 Å². The van der Waals surface area contributed by atoms with Crippen LogP contribution in [0, 0.1) is 5.92 Å². The average Bonchev–Trinajstić information content (AvgIpc) is 2.02. The van der Waals surface area contributed by atoms with Crippen molar-refractivity contribution in [2.45, 2.75) is 39.7 Å². The molecule has 1 atom stereocenters. The number of carbonyl (C=O) groups is 1. The largest absolute Gasteiger partial charge is 0.455 e. The van der Waals surface area contributed by atoms with E-state index in [1.165, 1.54) is 0 Å². The molecule has 0 aliphatic heterocycles. The second-order valence-corrected chi connectivity index (χ2v) is 3.54. The van der Waals surface area contributed by atoms with E-state index < -0.39 is 5.60 Å². The summed E-state index contributed by atoms with van der Waals surface area (Å²) in [6.45, 7) is 11.1. The highest BCUT2D eigenvalue weighted by Crippen LogP contribution is 2.14. The Morgan fingerprint density at radius 3 is 2.50 bits per heavy atom. The Morgan fingerprint density at radius 2 is 2.17 bits per heavy atom. The van der Waals surface area contributed by atoms with Crippen molar-refractivity contribution in [3.05, 3.63) is 12.7 Å². The molecule has 2 heteroatoms. The molecule has 70 valence electrons. The second-order valence-electron chi connectivity index (χ2n) is 3.54. The minimum atomic E-state index is -0.541. The molecule has 0 saturated heterocycles. The van der Waals surface area contributed by atoms with Crippen molar-refractivity contribution in [3.8, 4) is 0 Å². The minimum Gasteiger partial charge on any atom is -0.455 e. The lowest BCUT2D eigenvalue weighted by Crippen LogP contribution is -2.28. The first-order chi connectivity index (χ1) is 5.43. The molecule has 0 N–H and O–H groups in total. The zero-order valence-corrected chi connectivity index (χ0v) is 8.39. The van der Waals surface area contributed by atoms with Crippen LogP contribution in [-0.4, -0.2) is 11.6 Å². The van der Waals surface area contributed by atoms with E-state index in [4.69, 9.17) is 4.74 Å². The summed E-state index contributed by atoms with van der Waals surface area (Å²) < 4.78 is 5.18. The summed E-state index contributed by atoms with van der Waals surface area (Å²) in [6.07, 6.45) is 2.44. The first-order valence-electron chi connectivity index (χ1n) is 4.29. The molecule has 0 aliphatic carbocycles. The number of hydrogen-bond acceptors (Lipinski definition) is 2. The molecular weight excluding hydrogens is 152 g/mol. The van der Waals surface area contributed by atoms with Gasteiger partial charge >= 0.3 is 5.97 Å². The third kappa shape index (κ3) is 3.56. The van der Waals surface area contributed by atoms with E-state index in [2.05, 4.69) is 6.58 Å². The number of ether oxygens (including phenoxy) is 1. The molecule has 0 fully saturated rings. The van der Waals surface area contributed by atoms with Gasteiger partial charge in [0.25, 0.3) is 0 Å². The summed E-state index contributed by atoms with van der Waals surface area (Å²) in [4.78, 5) is 11.3. The van der Waals surface area contributed by atoms with E-state index >= 15 is 0 Å². The number of rotatable bonds is 4. The maximum Gasteiger partial charge on any atom is 0.309 e. The normalized spacial score (nSPS) is 13.7. The molecule has 0 radical (unpaired) electrons. The Hall–Kier alpha value is -0.790. The van der Waals surface area contributed by atoms with Gasteiger partial charge in [0.05, 0.1) is 5.92 Å². The molecule has 0 rings (SSSR count). The van der Waals surface area contributed by atoms with Crippen LogP contribution in [0.3, 0.4) is 0 Å². The molecule has 0 aromatic carbocycles. The molecule has 0 aromatic rings. The molecule has 0 amide bonds. The monoisotopic (exact) mass is 170 g/mol. The molecule has 12 heavy (non-hydrogen) atoms. The van der Waals surface area contributed by atoms with Gasteiger partial charge < -0.3 is 4.74 Å². The van der Waals surface area contributed by atoms with Crippen molar-refractivity contribution < 1.29 is 9.53 Å². The first kappa shape index (κ1) is 11.2. The van der Waals surface area contributed by atoms with Gasteiger partial charge in [-0.15, -0.1) is 0 Å². The van der Waals surface area contributed by atoms with E-state index in [1.54, 1.807) is 6.08 Å². The number of carbonyl (C=O) groups excluding carboxylic acids is 1. The maximum atomic E-state index is 11.3. The topological polar surface area (TPSA) is 26.3 Å². The highest BCUT2D eigenvalue weighted by Gasteiger charge is 2.21. The Morgan fingerprint density at radius 1 is 1.67 bits per heavy atom. The summed E-state index contributed by atoms with van der Waals surface area (Å²) in [5.41, 5.74) is -0.541. The third-order valence-electron chi connectivity index (χ3n) is 1.87. The van der Waals surface area contributed by atoms with E-state index in [0.29, 0.717) is 0 Å². The highest BCUT2D eigenvalue weighted by atomic mass is 16.6. The fourth-order valence-electron chi connectivity index (χ4n) is 0.568. The first-order valence-corrected chi connectivity index (χ1v) is 4.29. The van der Waals surface area contributed by atoms with Crippen LogP contribution in [0.25, 0.3) is 0 Å². The maximum absolute atomic E-state index is 11.3. The third-order valence-corrected chi connectivity index (χ3v) is 1.87. The van der Waals surface area contributed by atoms with Crippen LogP contribution >= 0.6 is 0 Å². The van der Waals surface area contributed by atoms with Gasteiger partial charge in [-0.1, -0.05) is 20.4 Å². The smallest absolute Gasteiger partial charge is 0.309 e. The Bertz CT molecular complexity index is 171. The van der Waals surface area contributed by atoms with E-state index in [9.17, 15) is 4.79 Å². The molecule has 2 nitrogen and oxygen atoms in total. The predicted octanol–water partition coefficient (Wildman–Crippen LogP) is 2.54. The SMILES string of the molecule is C=CC(C)(C)OC(=O)C(C)CC. The Labute approximate surface area is 74.6 Å². The minimum absolute atomic E-state index is 0.0239. The van der Waals surface area contributed by atoms with Crippen molar-refractivity contribution in [2.75, 3.05) is 0 Å². The van der Waals surface area contributed by atoms with Crippen molar-refractivity contribution in [2.24, 2.45) is 5.92 Å². The van der Waals surface area contributed by atoms with Crippen molar-refractivity contribution in [1.82, 2.24) is 0 Å². The van der Waals surface area contributed by atoms with Gasteiger partial charge in [0.1, 0.15) is 5.60 Å². The highest BCUT2D eigenvalue weighted by molar-refractivity contribution is 5.72. The molecule has 1 unspecified atom stereocenters. The van der Waals surface area contributed by atoms with Gasteiger partial charge in [-0.2, -0.15) is 0 Å². The lowest BCUT2D eigenvalue weighted by atomic mass is 10.1. The molecule has 0 aromatic heterocycles. The van der Waals surface area contributed by atoms with Crippen LogP contribution in [0.2, 0.25) is 0 Å². The number of esters is 1. The summed E-state index contributed by atoms with van der Waals surface area (Å²) >= 11 is 0. The van der Waals surface area contributed by atoms with Crippen molar-refractivity contribution in [3.63, 3.8) is 0 Å². The predicted molar refractivity (Wildman–Crippen MR) is 49.8 cm³/mol. The lowest BCUT2D eigenvalue weighted by Gasteiger charge is -2.22. The summed E-state index contributed by atoms with van der Waals surface area (Å²) in [7, 11) is 0. The Kier molecular flexibility index (Phi) is 4.01. The average molecular weight is 170 g/mol. The van der Waals surface area contributed by atoms with Crippen LogP contribution in [0.5, 0.6) is 0 Å². The summed E-state index contributed by atoms with van der Waals surface area (Å²) in [5.74, 6) is -0.174. The van der Waals surface area contributed by atoms with E-state index in [-0.39, 0.29) is 11.9 Å². The van der Waals surface area contributed by atoms with Crippen LogP contribution < -0.4 is 0 Å². The van der Waals surface area contributed by atoms with E-state index in [1.807, 2.05) is 27.7 Å². The second kappa shape index (κ2) is 4.29. The molecule has 0 spiro atoms. The van der Waals surface area contributed by atoms with Crippen LogP contribution in [0.4, 0.5) is 0 Å². The summed E-state index contributed by atoms with van der Waals surface area (Å²) in [6, 6.07) is 0. The molecule has 0 heterocycles. The van der Waals surface area contributed by atoms with Gasteiger partial charge in [-0.05, 0) is 26.3 Å². The van der Waals surface area contributed by atoms with Gasteiger partial charge in [0.15, 0.2) is 0 Å². The van der Waals surface area contributed by atoms with Crippen molar-refractivity contribution >= 4 is 5.97 Å². The van der Waals surface area contributed by atoms with Gasteiger partial charge in [0, 0.05) is 0 Å². The molecule has 0 saturated carbocycles. The molecule has 0 aliphatic rings. The van der Waals surface area contributed by atoms with Gasteiger partial charge in [-0.25, -0.2) is 0 Å². The standard InChI is InChI=1S/C10H18O2/c1-6-8(3)9(11)12-10(4,5)7-2/h7-8H,2,6H2,1,3-5H3. The molecule has 0 bridgehead atoms. The van der Waals surface area contributed by atoms with Crippen molar-refractivity contribution in [1.29, 1.82) is 0 Å². The van der Waals surface area contributed by atoms with Crippen LogP contribution in [-0.2, 0) is 9.53 Å². The quantitative estimate of drug-likeness (QED) is 0.478. The van der Waals surface area contributed by atoms with E-state index in [0.717, 1.165) is 6.42 Å². The summed E-state index contributed by atoms with van der Waals surface area (Å²) in [5, 5.41) is 0. The van der Waals surface area contributed by atoms with Gasteiger partial charge in [-0.3, -0.25) is 4.79 Å². The number of hydrogen-bond donors (Lipinski definition) is 0. The van der Waals surface area contributed by atoms with Crippen LogP contribution in [0.15, 0.2) is 12.7 Å². The zero-order chi connectivity index (χ0) is 9.78. The van der Waals surface area contributed by atoms with Gasteiger partial charge in [0.2, 0.25) is 0 Å². The molecular formula is C10H18O2.